The van der Waals surface area contributed by atoms with Crippen LogP contribution in [0, 0.1) is 0 Å². The molecule has 0 saturated carbocycles. The van der Waals surface area contributed by atoms with E-state index in [1.165, 1.54) is 22.3 Å². The Labute approximate surface area is 343 Å². The second kappa shape index (κ2) is 18.4. The lowest BCUT2D eigenvalue weighted by atomic mass is 9.86. The highest BCUT2D eigenvalue weighted by Crippen LogP contribution is 2.44. The van der Waals surface area contributed by atoms with E-state index in [0.717, 1.165) is 171 Å². The van der Waals surface area contributed by atoms with E-state index >= 15 is 0 Å². The van der Waals surface area contributed by atoms with Crippen molar-refractivity contribution in [1.82, 2.24) is 15.0 Å². The molecule has 7 heteroatoms. The van der Waals surface area contributed by atoms with Gasteiger partial charge in [-0.1, -0.05) is 54.6 Å². The molecule has 298 valence electrons. The maximum absolute atomic E-state index is 6.58. The monoisotopic (exact) mass is 773 g/mol. The summed E-state index contributed by atoms with van der Waals surface area (Å²) in [6.07, 6.45) is 25.3. The predicted molar refractivity (Wildman–Crippen MR) is 232 cm³/mol. The first-order chi connectivity index (χ1) is 28.8. The third kappa shape index (κ3) is 8.55. The third-order valence-corrected chi connectivity index (χ3v) is 11.8. The molecular formula is C51H55N3O4. The standard InChI is InChI=1S/C51H55N3O4/c1-2-6-10-14-32-56-43-20-18-22-45-47(43)41-30-28-37-24-26-39-35-38-25-23-36-27-29-40(52-48(36)50(38)54-51(39)49(37)53-41)46-42(55-31-13-9-5-1)19-17-21-44(46)57-33-15-11-7-3-4-8-12-16-34-58-45/h1-4,17-22,27-30,35H,5-16,23-26,31-34H2/b2-1-,4-3?. The first-order valence-electron chi connectivity index (χ1n) is 21.9. The van der Waals surface area contributed by atoms with Crippen LogP contribution in [0.2, 0.25) is 0 Å². The Balaban J connectivity index is 1.19. The summed E-state index contributed by atoms with van der Waals surface area (Å²) in [6.45, 7) is 2.55. The second-order valence-electron chi connectivity index (χ2n) is 16.0. The van der Waals surface area contributed by atoms with Gasteiger partial charge in [0.1, 0.15) is 23.0 Å². The van der Waals surface area contributed by atoms with Gasteiger partial charge < -0.3 is 18.9 Å². The molecule has 0 unspecified atom stereocenters. The fraction of sp³-hybridized carbons (Fsp3) is 0.392. The molecule has 0 saturated heterocycles. The second-order valence-corrected chi connectivity index (χ2v) is 16.0. The number of hydrogen-bond acceptors (Lipinski definition) is 7. The summed E-state index contributed by atoms with van der Waals surface area (Å²) in [4.78, 5) is 16.4. The van der Waals surface area contributed by atoms with E-state index in [0.29, 0.717) is 26.4 Å². The minimum atomic E-state index is 0.637. The number of nitrogens with zero attached hydrogens (tertiary/aromatic N) is 3. The van der Waals surface area contributed by atoms with Crippen LogP contribution in [0.4, 0.5) is 0 Å². The van der Waals surface area contributed by atoms with Crippen LogP contribution in [0.5, 0.6) is 23.0 Å². The molecule has 0 N–H and O–H groups in total. The molecule has 8 bridgehead atoms. The summed E-state index contributed by atoms with van der Waals surface area (Å²) in [5, 5.41) is 0. The highest BCUT2D eigenvalue weighted by molar-refractivity contribution is 5.81. The van der Waals surface area contributed by atoms with E-state index in [2.05, 4.69) is 78.9 Å². The van der Waals surface area contributed by atoms with E-state index in [9.17, 15) is 0 Å². The van der Waals surface area contributed by atoms with Crippen molar-refractivity contribution in [2.45, 2.75) is 103 Å². The Hall–Kier alpha value is -5.43. The zero-order valence-electron chi connectivity index (χ0n) is 33.8. The van der Waals surface area contributed by atoms with Gasteiger partial charge in [0.25, 0.3) is 0 Å². The van der Waals surface area contributed by atoms with Crippen LogP contribution >= 0.6 is 0 Å². The van der Waals surface area contributed by atoms with Crippen LogP contribution in [0.1, 0.15) is 99.3 Å². The van der Waals surface area contributed by atoms with Crippen LogP contribution in [0.25, 0.3) is 45.3 Å². The quantitative estimate of drug-likeness (QED) is 0.145. The Morgan fingerprint density at radius 1 is 0.345 bits per heavy atom. The highest BCUT2D eigenvalue weighted by atomic mass is 16.5. The number of rotatable bonds is 0. The van der Waals surface area contributed by atoms with Crippen LogP contribution in [-0.4, -0.2) is 41.4 Å². The van der Waals surface area contributed by atoms with E-state index in [1.807, 2.05) is 12.1 Å². The number of aromatic nitrogens is 3. The molecule has 7 nitrogen and oxygen atoms in total. The Bertz CT molecular complexity index is 2070. The van der Waals surface area contributed by atoms with Crippen molar-refractivity contribution in [1.29, 1.82) is 0 Å². The zero-order valence-corrected chi connectivity index (χ0v) is 33.8. The average Bonchev–Trinajstić information content (AvgIpc) is 3.25. The molecule has 5 heterocycles. The molecule has 4 aliphatic rings. The van der Waals surface area contributed by atoms with Gasteiger partial charge in [-0.05, 0) is 161 Å². The number of hydrogen-bond donors (Lipinski definition) is 0. The summed E-state index contributed by atoms with van der Waals surface area (Å²) in [5.41, 5.74) is 12.3. The van der Waals surface area contributed by atoms with Gasteiger partial charge in [-0.3, -0.25) is 0 Å². The molecule has 3 aromatic heterocycles. The lowest BCUT2D eigenvalue weighted by Gasteiger charge is -2.25. The smallest absolute Gasteiger partial charge is 0.132 e. The number of benzene rings is 2. The molecule has 5 aromatic rings. The largest absolute Gasteiger partial charge is 0.493 e. The van der Waals surface area contributed by atoms with E-state index < -0.39 is 0 Å². The Morgan fingerprint density at radius 3 is 1.07 bits per heavy atom. The average molecular weight is 774 g/mol. The van der Waals surface area contributed by atoms with Crippen molar-refractivity contribution < 1.29 is 18.9 Å². The van der Waals surface area contributed by atoms with E-state index in [4.69, 9.17) is 33.9 Å². The molecule has 2 aromatic carbocycles. The number of ether oxygens (including phenoxy) is 4. The molecule has 9 rings (SSSR count). The van der Waals surface area contributed by atoms with Gasteiger partial charge in [0.05, 0.1) is 71.7 Å². The molecule has 2 aliphatic carbocycles. The van der Waals surface area contributed by atoms with Gasteiger partial charge in [-0.2, -0.15) is 0 Å². The van der Waals surface area contributed by atoms with E-state index in [-0.39, 0.29) is 0 Å². The van der Waals surface area contributed by atoms with E-state index in [1.54, 1.807) is 0 Å². The SMILES string of the molecule is C1=CCCCCOc2cccc3c2-c2ccc4c(n2)-c2nc5c(cc2CC4)CCc2ccc(nc2-5)-c2c(cccc2OCCCC/C=C\CCCCO3)OCCCC1. The minimum Gasteiger partial charge on any atom is -0.493 e. The van der Waals surface area contributed by atoms with Gasteiger partial charge >= 0.3 is 0 Å². The van der Waals surface area contributed by atoms with Crippen LogP contribution < -0.4 is 18.9 Å². The summed E-state index contributed by atoms with van der Waals surface area (Å²) in [5.74, 6) is 3.27. The van der Waals surface area contributed by atoms with Crippen LogP contribution in [-0.2, 0) is 25.7 Å². The van der Waals surface area contributed by atoms with Crippen molar-refractivity contribution in [3.05, 3.63) is 113 Å². The van der Waals surface area contributed by atoms with Crippen molar-refractivity contribution >= 4 is 0 Å². The molecular weight excluding hydrogens is 719 g/mol. The first kappa shape index (κ1) is 38.1. The molecule has 0 atom stereocenters. The van der Waals surface area contributed by atoms with Gasteiger partial charge in [0.15, 0.2) is 0 Å². The van der Waals surface area contributed by atoms with Crippen molar-refractivity contribution in [2.75, 3.05) is 26.4 Å². The molecule has 0 spiro atoms. The molecule has 0 fully saturated rings. The van der Waals surface area contributed by atoms with Gasteiger partial charge in [0, 0.05) is 0 Å². The van der Waals surface area contributed by atoms with Crippen molar-refractivity contribution in [2.24, 2.45) is 0 Å². The molecule has 0 amide bonds. The number of aryl methyl sites for hydroxylation is 4. The molecule has 0 radical (unpaired) electrons. The number of allylic oxidation sites excluding steroid dienone is 4. The van der Waals surface area contributed by atoms with Gasteiger partial charge in [0.2, 0.25) is 0 Å². The lowest BCUT2D eigenvalue weighted by Crippen LogP contribution is -2.14. The van der Waals surface area contributed by atoms with Crippen LogP contribution in [0.3, 0.4) is 0 Å². The topological polar surface area (TPSA) is 75.6 Å². The van der Waals surface area contributed by atoms with Crippen LogP contribution in [0.15, 0.2) is 91.0 Å². The summed E-state index contributed by atoms with van der Waals surface area (Å²) in [6, 6.07) is 23.5. The van der Waals surface area contributed by atoms with Crippen molar-refractivity contribution in [3.8, 4) is 68.3 Å². The minimum absolute atomic E-state index is 0.637. The maximum Gasteiger partial charge on any atom is 0.132 e. The normalized spacial score (nSPS) is 17.9. The third-order valence-electron chi connectivity index (χ3n) is 11.8. The fourth-order valence-corrected chi connectivity index (χ4v) is 8.67. The Morgan fingerprint density at radius 2 is 0.690 bits per heavy atom. The van der Waals surface area contributed by atoms with Crippen molar-refractivity contribution in [3.63, 3.8) is 0 Å². The lowest BCUT2D eigenvalue weighted by molar-refractivity contribution is 0.293. The highest BCUT2D eigenvalue weighted by Gasteiger charge is 2.28. The predicted octanol–water partition coefficient (Wildman–Crippen LogP) is 12.1. The van der Waals surface area contributed by atoms with Gasteiger partial charge in [-0.15, -0.1) is 0 Å². The number of pyridine rings is 3. The fourth-order valence-electron chi connectivity index (χ4n) is 8.67. The Kier molecular flexibility index (Phi) is 12.1. The zero-order chi connectivity index (χ0) is 38.9. The summed E-state index contributed by atoms with van der Waals surface area (Å²) >= 11 is 0. The summed E-state index contributed by atoms with van der Waals surface area (Å²) in [7, 11) is 0. The first-order valence-corrected chi connectivity index (χ1v) is 21.9. The molecule has 2 aliphatic heterocycles. The summed E-state index contributed by atoms with van der Waals surface area (Å²) < 4.78 is 26.3. The maximum atomic E-state index is 6.58. The molecule has 58 heavy (non-hydrogen) atoms. The van der Waals surface area contributed by atoms with Gasteiger partial charge in [-0.25, -0.2) is 15.0 Å².